The van der Waals surface area contributed by atoms with E-state index in [-0.39, 0.29) is 50.1 Å². The average Bonchev–Trinajstić information content (AvgIpc) is 3.00. The Kier molecular flexibility index (Phi) is 12.0. The third-order valence-corrected chi connectivity index (χ3v) is 9.21. The second kappa shape index (κ2) is 15.7. The molecule has 0 radical (unpaired) electrons. The third-order valence-electron chi connectivity index (χ3n) is 7.31. The van der Waals surface area contributed by atoms with Gasteiger partial charge in [-0.2, -0.15) is 0 Å². The van der Waals surface area contributed by atoms with Crippen molar-refractivity contribution in [1.29, 1.82) is 0 Å². The van der Waals surface area contributed by atoms with E-state index in [0.29, 0.717) is 52.6 Å². The summed E-state index contributed by atoms with van der Waals surface area (Å²) in [7, 11) is -3.70. The highest BCUT2D eigenvalue weighted by Crippen LogP contribution is 2.35. The van der Waals surface area contributed by atoms with Crippen LogP contribution in [0.1, 0.15) is 37.8 Å². The lowest BCUT2D eigenvalue weighted by atomic mass is 10.0. The molecule has 242 valence electrons. The molecule has 1 N–H and O–H groups in total. The van der Waals surface area contributed by atoms with E-state index in [2.05, 4.69) is 5.32 Å². The topological polar surface area (TPSA) is 105 Å². The van der Waals surface area contributed by atoms with Crippen LogP contribution in [-0.2, 0) is 32.6 Å². The number of fused-ring (bicyclic) bond motifs is 1. The van der Waals surface area contributed by atoms with Gasteiger partial charge < -0.3 is 19.7 Å². The minimum Gasteiger partial charge on any atom is -0.486 e. The van der Waals surface area contributed by atoms with Crippen LogP contribution in [0.5, 0.6) is 11.5 Å². The number of sulfonamides is 1. The predicted molar refractivity (Wildman–Crippen MR) is 178 cm³/mol. The number of nitrogens with zero attached hydrogens (tertiary/aromatic N) is 2. The van der Waals surface area contributed by atoms with Gasteiger partial charge in [-0.15, -0.1) is 0 Å². The van der Waals surface area contributed by atoms with Crippen molar-refractivity contribution in [1.82, 2.24) is 10.2 Å². The minimum atomic E-state index is -3.70. The van der Waals surface area contributed by atoms with Gasteiger partial charge in [0.1, 0.15) is 19.3 Å². The van der Waals surface area contributed by atoms with Crippen LogP contribution in [0, 0.1) is 5.92 Å². The fourth-order valence-corrected chi connectivity index (χ4v) is 6.50. The Morgan fingerprint density at radius 3 is 2.24 bits per heavy atom. The summed E-state index contributed by atoms with van der Waals surface area (Å²) in [5.41, 5.74) is 1.81. The van der Waals surface area contributed by atoms with Crippen LogP contribution in [0.2, 0.25) is 10.0 Å². The summed E-state index contributed by atoms with van der Waals surface area (Å²) >= 11 is 13.0. The lowest BCUT2D eigenvalue weighted by molar-refractivity contribution is -0.141. The molecule has 0 aliphatic carbocycles. The van der Waals surface area contributed by atoms with E-state index in [1.807, 2.05) is 44.2 Å². The monoisotopic (exact) mass is 675 g/mol. The number of carbonyl (C=O) groups excluding carboxylic acids is 2. The van der Waals surface area contributed by atoms with Gasteiger partial charge >= 0.3 is 0 Å². The van der Waals surface area contributed by atoms with Crippen LogP contribution < -0.4 is 19.1 Å². The highest BCUT2D eigenvalue weighted by molar-refractivity contribution is 7.92. The Morgan fingerprint density at radius 1 is 0.933 bits per heavy atom. The summed E-state index contributed by atoms with van der Waals surface area (Å²) in [5.74, 6) is 0.585. The van der Waals surface area contributed by atoms with Crippen molar-refractivity contribution in [2.45, 2.75) is 45.7 Å². The molecule has 0 unspecified atom stereocenters. The molecule has 1 heterocycles. The van der Waals surface area contributed by atoms with E-state index in [0.717, 1.165) is 11.8 Å². The molecule has 3 aromatic carbocycles. The fourth-order valence-electron chi connectivity index (χ4n) is 5.02. The normalized spacial score (nSPS) is 13.3. The molecule has 0 bridgehead atoms. The standard InChI is InChI=1S/C33H39Cl2N3O6S/c1-23(2)21-36-33(40)29(19-24-9-5-4-6-10-24)37(22-26-27(34)11-7-12-28(26)35)32(39)13-8-16-38(45(3,41)42)25-14-15-30-31(20-25)44-18-17-43-30/h4-7,9-12,14-15,20,23,29H,8,13,16-19,21-22H2,1-3H3,(H,36,40)/t29-/m0/s1. The smallest absolute Gasteiger partial charge is 0.243 e. The number of anilines is 1. The van der Waals surface area contributed by atoms with Crippen molar-refractivity contribution in [3.8, 4) is 11.5 Å². The summed E-state index contributed by atoms with van der Waals surface area (Å²) in [6, 6.07) is 18.6. The Hall–Kier alpha value is -3.47. The Morgan fingerprint density at radius 2 is 1.60 bits per heavy atom. The Labute approximate surface area is 275 Å². The second-order valence-electron chi connectivity index (χ2n) is 11.3. The van der Waals surface area contributed by atoms with Crippen molar-refractivity contribution in [3.63, 3.8) is 0 Å². The molecule has 0 spiro atoms. The zero-order chi connectivity index (χ0) is 32.6. The number of benzene rings is 3. The molecule has 4 rings (SSSR count). The quantitative estimate of drug-likeness (QED) is 0.234. The van der Waals surface area contributed by atoms with Crippen molar-refractivity contribution in [2.24, 2.45) is 5.92 Å². The highest BCUT2D eigenvalue weighted by atomic mass is 35.5. The molecule has 0 aromatic heterocycles. The fraction of sp³-hybridized carbons (Fsp3) is 0.394. The lowest BCUT2D eigenvalue weighted by Crippen LogP contribution is -2.51. The third kappa shape index (κ3) is 9.51. The zero-order valence-corrected chi connectivity index (χ0v) is 28.0. The molecule has 0 fully saturated rings. The van der Waals surface area contributed by atoms with Crippen molar-refractivity contribution >= 4 is 50.7 Å². The SMILES string of the molecule is CC(C)CNC(=O)[C@H](Cc1ccccc1)N(Cc1c(Cl)cccc1Cl)C(=O)CCCN(c1ccc2c(c1)OCCO2)S(C)(=O)=O. The molecule has 3 aromatic rings. The maximum Gasteiger partial charge on any atom is 0.243 e. The average molecular weight is 677 g/mol. The second-order valence-corrected chi connectivity index (χ2v) is 14.1. The highest BCUT2D eigenvalue weighted by Gasteiger charge is 2.31. The molecule has 1 aliphatic heterocycles. The maximum atomic E-state index is 14.1. The van der Waals surface area contributed by atoms with Crippen LogP contribution >= 0.6 is 23.2 Å². The van der Waals surface area contributed by atoms with Gasteiger partial charge in [0.2, 0.25) is 21.8 Å². The molecule has 45 heavy (non-hydrogen) atoms. The summed E-state index contributed by atoms with van der Waals surface area (Å²) in [4.78, 5) is 29.3. The van der Waals surface area contributed by atoms with Gasteiger partial charge in [0.15, 0.2) is 11.5 Å². The van der Waals surface area contributed by atoms with E-state index in [4.69, 9.17) is 32.7 Å². The van der Waals surface area contributed by atoms with Crippen molar-refractivity contribution in [2.75, 3.05) is 36.9 Å². The number of amides is 2. The van der Waals surface area contributed by atoms with Gasteiger partial charge in [0.25, 0.3) is 0 Å². The van der Waals surface area contributed by atoms with Gasteiger partial charge in [-0.1, -0.05) is 73.4 Å². The minimum absolute atomic E-state index is 0.00188. The van der Waals surface area contributed by atoms with Crippen LogP contribution in [0.25, 0.3) is 0 Å². The number of hydrogen-bond donors (Lipinski definition) is 1. The van der Waals surface area contributed by atoms with E-state index >= 15 is 0 Å². The molecule has 1 atom stereocenters. The molecule has 0 saturated heterocycles. The Balaban J connectivity index is 1.60. The van der Waals surface area contributed by atoms with E-state index in [1.54, 1.807) is 36.4 Å². The number of ether oxygens (including phenoxy) is 2. The summed E-state index contributed by atoms with van der Waals surface area (Å²) in [6.45, 7) is 5.25. The molecule has 9 nitrogen and oxygen atoms in total. The van der Waals surface area contributed by atoms with Gasteiger partial charge in [0, 0.05) is 54.2 Å². The first-order valence-corrected chi connectivity index (χ1v) is 17.5. The number of hydrogen-bond acceptors (Lipinski definition) is 6. The summed E-state index contributed by atoms with van der Waals surface area (Å²) in [5, 5.41) is 3.74. The zero-order valence-electron chi connectivity index (χ0n) is 25.7. The van der Waals surface area contributed by atoms with Gasteiger partial charge in [0.05, 0.1) is 11.9 Å². The molecule has 0 saturated carbocycles. The lowest BCUT2D eigenvalue weighted by Gasteiger charge is -2.32. The van der Waals surface area contributed by atoms with Crippen LogP contribution in [0.15, 0.2) is 66.7 Å². The Bertz CT molecular complexity index is 1570. The maximum absolute atomic E-state index is 14.1. The largest absolute Gasteiger partial charge is 0.486 e. The van der Waals surface area contributed by atoms with E-state index < -0.39 is 16.1 Å². The molecular formula is C33H39Cl2N3O6S. The number of carbonyl (C=O) groups is 2. The summed E-state index contributed by atoms with van der Waals surface area (Å²) < 4.78 is 38.1. The molecule has 12 heteroatoms. The van der Waals surface area contributed by atoms with Crippen LogP contribution in [0.4, 0.5) is 5.69 Å². The van der Waals surface area contributed by atoms with Crippen LogP contribution in [-0.4, -0.2) is 63.7 Å². The van der Waals surface area contributed by atoms with Gasteiger partial charge in [-0.25, -0.2) is 8.42 Å². The van der Waals surface area contributed by atoms with Crippen molar-refractivity contribution < 1.29 is 27.5 Å². The first kappa shape index (κ1) is 34.4. The van der Waals surface area contributed by atoms with E-state index in [9.17, 15) is 18.0 Å². The number of nitrogens with one attached hydrogen (secondary N) is 1. The summed E-state index contributed by atoms with van der Waals surface area (Å²) in [6.07, 6.45) is 1.55. The van der Waals surface area contributed by atoms with Gasteiger partial charge in [-0.05, 0) is 42.2 Å². The number of halogens is 2. The molecular weight excluding hydrogens is 637 g/mol. The molecule has 2 amide bonds. The first-order valence-electron chi connectivity index (χ1n) is 14.9. The van der Waals surface area contributed by atoms with Gasteiger partial charge in [-0.3, -0.25) is 13.9 Å². The predicted octanol–water partition coefficient (Wildman–Crippen LogP) is 5.72. The molecule has 1 aliphatic rings. The van der Waals surface area contributed by atoms with Crippen LogP contribution in [0.3, 0.4) is 0 Å². The first-order chi connectivity index (χ1) is 21.4. The number of rotatable bonds is 14. The van der Waals surface area contributed by atoms with E-state index in [1.165, 1.54) is 9.21 Å². The van der Waals surface area contributed by atoms with Crippen molar-refractivity contribution in [3.05, 3.63) is 87.9 Å².